The number of methoxy groups -OCH3 is 1. The number of aliphatic imine (C=N–C) groups is 2. The number of rotatable bonds is 8. The van der Waals surface area contributed by atoms with Crippen LogP contribution in [-0.4, -0.2) is 49.3 Å². The van der Waals surface area contributed by atoms with Crippen LogP contribution in [0.15, 0.2) is 93.0 Å². The van der Waals surface area contributed by atoms with Gasteiger partial charge in [-0.05, 0) is 48.4 Å². The molecule has 8 nitrogen and oxygen atoms in total. The maximum atomic E-state index is 12.2. The molecule has 0 atom stereocenters. The minimum absolute atomic E-state index is 0.229. The van der Waals surface area contributed by atoms with Gasteiger partial charge in [-0.15, -0.1) is 18.3 Å². The molecule has 1 heterocycles. The maximum Gasteiger partial charge on any atom is 0.573 e. The fourth-order valence-electron chi connectivity index (χ4n) is 3.51. The molecule has 1 aliphatic rings. The lowest BCUT2D eigenvalue weighted by atomic mass is 10.1. The number of anilines is 1. The van der Waals surface area contributed by atoms with E-state index in [1.807, 2.05) is 36.4 Å². The SMILES string of the molecule is COc1cccc(N2CCCS/C2=N/N=C\c2ccc(C(N)=NC=Nc3ccc(OC(F)(F)F)cc3)cc2)c1. The number of ether oxygens (including phenoxy) is 2. The largest absolute Gasteiger partial charge is 0.573 e. The Morgan fingerprint density at radius 1 is 1.03 bits per heavy atom. The van der Waals surface area contributed by atoms with Gasteiger partial charge in [-0.2, -0.15) is 5.10 Å². The first-order chi connectivity index (χ1) is 18.8. The van der Waals surface area contributed by atoms with Crippen molar-refractivity contribution >= 4 is 46.7 Å². The summed E-state index contributed by atoms with van der Waals surface area (Å²) in [4.78, 5) is 10.3. The molecule has 1 aliphatic heterocycles. The van der Waals surface area contributed by atoms with Gasteiger partial charge in [0, 0.05) is 29.6 Å². The quantitative estimate of drug-likeness (QED) is 0.210. The van der Waals surface area contributed by atoms with Crippen LogP contribution >= 0.6 is 11.8 Å². The third-order valence-electron chi connectivity index (χ3n) is 5.38. The first kappa shape index (κ1) is 27.7. The highest BCUT2D eigenvalue weighted by Gasteiger charge is 2.30. The van der Waals surface area contributed by atoms with E-state index in [1.165, 1.54) is 30.6 Å². The van der Waals surface area contributed by atoms with E-state index in [1.54, 1.807) is 37.2 Å². The standard InChI is InChI=1S/C27H25F3N6O2S/c1-37-24-5-2-4-22(16-24)36-14-3-15-39-26(36)35-34-17-19-6-8-20(9-7-19)25(31)33-18-32-21-10-12-23(13-11-21)38-27(28,29)30/h2,4-13,16-18H,3,14-15H2,1H3,(H2,31,32,33)/b34-17-,35-26+. The molecular weight excluding hydrogens is 529 g/mol. The van der Waals surface area contributed by atoms with Crippen molar-refractivity contribution in [3.63, 3.8) is 0 Å². The first-order valence-electron chi connectivity index (χ1n) is 11.8. The average molecular weight is 555 g/mol. The Kier molecular flexibility index (Phi) is 9.21. The van der Waals surface area contributed by atoms with Crippen LogP contribution in [0.4, 0.5) is 24.5 Å². The smallest absolute Gasteiger partial charge is 0.497 e. The topological polar surface area (TPSA) is 97.2 Å². The number of nitrogens with two attached hydrogens (primary N) is 1. The molecule has 3 aromatic rings. The van der Waals surface area contributed by atoms with Crippen LogP contribution in [0.3, 0.4) is 0 Å². The highest BCUT2D eigenvalue weighted by molar-refractivity contribution is 8.14. The Labute approximate surface area is 227 Å². The lowest BCUT2D eigenvalue weighted by molar-refractivity contribution is -0.274. The van der Waals surface area contributed by atoms with Crippen LogP contribution in [0.1, 0.15) is 17.5 Å². The van der Waals surface area contributed by atoms with E-state index in [9.17, 15) is 13.2 Å². The Balaban J connectivity index is 1.37. The van der Waals surface area contributed by atoms with Crippen LogP contribution in [0.2, 0.25) is 0 Å². The van der Waals surface area contributed by atoms with E-state index in [4.69, 9.17) is 10.5 Å². The van der Waals surface area contributed by atoms with E-state index >= 15 is 0 Å². The second-order valence-corrected chi connectivity index (χ2v) is 9.17. The Morgan fingerprint density at radius 2 is 1.79 bits per heavy atom. The molecule has 202 valence electrons. The third kappa shape index (κ3) is 8.34. The number of hydrogen-bond donors (Lipinski definition) is 1. The highest BCUT2D eigenvalue weighted by atomic mass is 32.2. The minimum Gasteiger partial charge on any atom is -0.497 e. The molecule has 0 amide bonds. The summed E-state index contributed by atoms with van der Waals surface area (Å²) in [6.45, 7) is 0.850. The van der Waals surface area contributed by atoms with E-state index < -0.39 is 6.36 Å². The zero-order chi connectivity index (χ0) is 27.7. The molecule has 1 saturated heterocycles. The van der Waals surface area contributed by atoms with Crippen molar-refractivity contribution in [3.8, 4) is 11.5 Å². The van der Waals surface area contributed by atoms with Crippen LogP contribution in [0, 0.1) is 0 Å². The van der Waals surface area contributed by atoms with Crippen molar-refractivity contribution in [2.24, 2.45) is 25.9 Å². The van der Waals surface area contributed by atoms with Crippen molar-refractivity contribution in [3.05, 3.63) is 83.9 Å². The molecule has 2 N–H and O–H groups in total. The average Bonchev–Trinajstić information content (AvgIpc) is 2.94. The van der Waals surface area contributed by atoms with Gasteiger partial charge in [-0.3, -0.25) is 0 Å². The predicted molar refractivity (Wildman–Crippen MR) is 151 cm³/mol. The van der Waals surface area contributed by atoms with E-state index in [-0.39, 0.29) is 11.6 Å². The van der Waals surface area contributed by atoms with Gasteiger partial charge in [-0.1, -0.05) is 42.1 Å². The molecule has 4 rings (SSSR count). The van der Waals surface area contributed by atoms with Crippen LogP contribution < -0.4 is 20.1 Å². The number of alkyl halides is 3. The molecule has 12 heteroatoms. The van der Waals surface area contributed by atoms with Gasteiger partial charge in [0.1, 0.15) is 23.7 Å². The summed E-state index contributed by atoms with van der Waals surface area (Å²) in [5.41, 5.74) is 8.94. The Morgan fingerprint density at radius 3 is 2.51 bits per heavy atom. The summed E-state index contributed by atoms with van der Waals surface area (Å²) in [7, 11) is 1.64. The fraction of sp³-hybridized carbons (Fsp3) is 0.185. The number of hydrogen-bond acceptors (Lipinski definition) is 6. The van der Waals surface area contributed by atoms with Crippen LogP contribution in [-0.2, 0) is 0 Å². The maximum absolute atomic E-state index is 12.2. The van der Waals surface area contributed by atoms with E-state index in [0.29, 0.717) is 11.3 Å². The summed E-state index contributed by atoms with van der Waals surface area (Å²) in [6, 6.07) is 20.2. The number of nitrogens with zero attached hydrogens (tertiary/aromatic N) is 5. The van der Waals surface area contributed by atoms with E-state index in [0.717, 1.165) is 40.9 Å². The van der Waals surface area contributed by atoms with Gasteiger partial charge >= 0.3 is 6.36 Å². The predicted octanol–water partition coefficient (Wildman–Crippen LogP) is 5.99. The zero-order valence-electron chi connectivity index (χ0n) is 20.9. The van der Waals surface area contributed by atoms with Crippen LogP contribution in [0.25, 0.3) is 0 Å². The summed E-state index contributed by atoms with van der Waals surface area (Å²) >= 11 is 1.66. The van der Waals surface area contributed by atoms with Crippen molar-refractivity contribution in [2.45, 2.75) is 12.8 Å². The molecule has 3 aromatic carbocycles. The van der Waals surface area contributed by atoms with Gasteiger partial charge in [0.2, 0.25) is 0 Å². The molecule has 0 spiro atoms. The second kappa shape index (κ2) is 13.0. The van der Waals surface area contributed by atoms with E-state index in [2.05, 4.69) is 29.8 Å². The molecule has 0 bridgehead atoms. The van der Waals surface area contributed by atoms with Gasteiger partial charge < -0.3 is 20.1 Å². The van der Waals surface area contributed by atoms with Gasteiger partial charge in [0.25, 0.3) is 0 Å². The third-order valence-corrected chi connectivity index (χ3v) is 6.44. The van der Waals surface area contributed by atoms with Crippen LogP contribution in [0.5, 0.6) is 11.5 Å². The minimum atomic E-state index is -4.74. The molecule has 0 saturated carbocycles. The molecule has 0 aliphatic carbocycles. The number of benzene rings is 3. The zero-order valence-corrected chi connectivity index (χ0v) is 21.7. The summed E-state index contributed by atoms with van der Waals surface area (Å²) in [5, 5.41) is 9.55. The lowest BCUT2D eigenvalue weighted by Gasteiger charge is -2.29. The highest BCUT2D eigenvalue weighted by Crippen LogP contribution is 2.28. The molecular formula is C27H25F3N6O2S. The normalized spacial score (nSPS) is 15.8. The number of halogens is 3. The van der Waals surface area contributed by atoms with Crippen molar-refractivity contribution < 1.29 is 22.6 Å². The fourth-order valence-corrected chi connectivity index (χ4v) is 4.42. The Bertz CT molecular complexity index is 1370. The van der Waals surface area contributed by atoms with Gasteiger partial charge in [0.15, 0.2) is 5.17 Å². The molecule has 0 unspecified atom stereocenters. The molecule has 0 radical (unpaired) electrons. The molecule has 39 heavy (non-hydrogen) atoms. The van der Waals surface area contributed by atoms with Crippen molar-refractivity contribution in [1.29, 1.82) is 0 Å². The summed E-state index contributed by atoms with van der Waals surface area (Å²) in [5.74, 6) is 1.66. The van der Waals surface area contributed by atoms with Crippen molar-refractivity contribution in [2.75, 3.05) is 24.3 Å². The molecule has 0 aromatic heterocycles. The monoisotopic (exact) mass is 554 g/mol. The Hall–Kier alpha value is -4.32. The number of thioether (sulfide) groups is 1. The molecule has 1 fully saturated rings. The second-order valence-electron chi connectivity index (χ2n) is 8.10. The summed E-state index contributed by atoms with van der Waals surface area (Å²) < 4.78 is 45.9. The summed E-state index contributed by atoms with van der Waals surface area (Å²) in [6.07, 6.45) is -0.804. The van der Waals surface area contributed by atoms with Crippen molar-refractivity contribution in [1.82, 2.24) is 0 Å². The van der Waals surface area contributed by atoms with Gasteiger partial charge in [0.05, 0.1) is 19.0 Å². The van der Waals surface area contributed by atoms with Gasteiger partial charge in [-0.25, -0.2) is 9.98 Å². The number of amidine groups is 2. The lowest BCUT2D eigenvalue weighted by Crippen LogP contribution is -2.33. The first-order valence-corrected chi connectivity index (χ1v) is 12.8.